The van der Waals surface area contributed by atoms with E-state index < -0.39 is 5.97 Å². The lowest BCUT2D eigenvalue weighted by molar-refractivity contribution is -0.139. The first-order valence-corrected chi connectivity index (χ1v) is 2.47. The van der Waals surface area contributed by atoms with Crippen molar-refractivity contribution in [3.05, 3.63) is 24.6 Å². The zero-order valence-corrected chi connectivity index (χ0v) is 5.72. The Bertz CT molecular complexity index is 174. The highest BCUT2D eigenvalue weighted by Gasteiger charge is 2.06. The molecular weight excluding hydrogens is 131 g/mol. The number of methoxy groups -OCH3 is 1. The standard InChI is InChI=1S/C6H7BO3/c1-4(6(8)9-3)10-5(2)7/h1-2H2,3H3. The molecule has 0 unspecified atom stereocenters. The van der Waals surface area contributed by atoms with Crippen LogP contribution in [0.25, 0.3) is 0 Å². The zero-order chi connectivity index (χ0) is 8.15. The number of carbonyl (C=O) groups is 1. The SMILES string of the molecule is [B]C(=C)OC(=C)C(=O)OC. The monoisotopic (exact) mass is 138 g/mol. The van der Waals surface area contributed by atoms with Crippen molar-refractivity contribution in [3.63, 3.8) is 0 Å². The Balaban J connectivity index is 3.86. The fourth-order valence-corrected chi connectivity index (χ4v) is 0.314. The van der Waals surface area contributed by atoms with E-state index in [0.717, 1.165) is 0 Å². The van der Waals surface area contributed by atoms with E-state index >= 15 is 0 Å². The smallest absolute Gasteiger partial charge is 0.373 e. The van der Waals surface area contributed by atoms with Crippen LogP contribution in [0.2, 0.25) is 0 Å². The molecule has 0 aromatic carbocycles. The number of esters is 1. The molecule has 0 N–H and O–H groups in total. The van der Waals surface area contributed by atoms with Gasteiger partial charge in [0.1, 0.15) is 0 Å². The predicted molar refractivity (Wildman–Crippen MR) is 37.1 cm³/mol. The first-order valence-electron chi connectivity index (χ1n) is 2.47. The van der Waals surface area contributed by atoms with E-state index in [1.165, 1.54) is 7.11 Å². The summed E-state index contributed by atoms with van der Waals surface area (Å²) >= 11 is 0. The maximum absolute atomic E-state index is 10.5. The average Bonchev–Trinajstić information content (AvgIpc) is 1.85. The van der Waals surface area contributed by atoms with Gasteiger partial charge in [-0.2, -0.15) is 0 Å². The molecule has 2 radical (unpaired) electrons. The highest BCUT2D eigenvalue weighted by molar-refractivity contribution is 6.20. The Morgan fingerprint density at radius 2 is 2.00 bits per heavy atom. The van der Waals surface area contributed by atoms with Crippen LogP contribution in [0.5, 0.6) is 0 Å². The highest BCUT2D eigenvalue weighted by Crippen LogP contribution is 1.99. The van der Waals surface area contributed by atoms with Gasteiger partial charge in [-0.3, -0.25) is 0 Å². The van der Waals surface area contributed by atoms with Crippen LogP contribution in [0, 0.1) is 0 Å². The molecule has 4 heteroatoms. The van der Waals surface area contributed by atoms with Crippen LogP contribution >= 0.6 is 0 Å². The molecule has 0 aromatic rings. The summed E-state index contributed by atoms with van der Waals surface area (Å²) in [6, 6.07) is 0. The number of rotatable bonds is 3. The second-order valence-corrected chi connectivity index (χ2v) is 1.48. The van der Waals surface area contributed by atoms with E-state index in [-0.39, 0.29) is 11.4 Å². The fourth-order valence-electron chi connectivity index (χ4n) is 0.314. The topological polar surface area (TPSA) is 35.5 Å². The summed E-state index contributed by atoms with van der Waals surface area (Å²) in [7, 11) is 6.22. The zero-order valence-electron chi connectivity index (χ0n) is 5.72. The van der Waals surface area contributed by atoms with Crippen molar-refractivity contribution >= 4 is 13.8 Å². The van der Waals surface area contributed by atoms with Gasteiger partial charge in [0.15, 0.2) is 7.85 Å². The molecule has 0 aliphatic heterocycles. The lowest BCUT2D eigenvalue weighted by Gasteiger charge is -2.04. The molecule has 0 heterocycles. The van der Waals surface area contributed by atoms with Gasteiger partial charge in [0.25, 0.3) is 0 Å². The molecule has 0 amide bonds. The van der Waals surface area contributed by atoms with Gasteiger partial charge in [-0.05, 0) is 6.58 Å². The molecule has 0 saturated heterocycles. The van der Waals surface area contributed by atoms with E-state index in [9.17, 15) is 4.79 Å². The van der Waals surface area contributed by atoms with Gasteiger partial charge in [0.05, 0.1) is 7.11 Å². The summed E-state index contributed by atoms with van der Waals surface area (Å²) in [5.74, 6) is -0.832. The quantitative estimate of drug-likeness (QED) is 0.244. The summed E-state index contributed by atoms with van der Waals surface area (Å²) in [6.07, 6.45) is 0. The van der Waals surface area contributed by atoms with Gasteiger partial charge >= 0.3 is 5.97 Å². The predicted octanol–water partition coefficient (Wildman–Crippen LogP) is 0.329. The molecule has 3 nitrogen and oxygen atoms in total. The van der Waals surface area contributed by atoms with Crippen molar-refractivity contribution in [1.82, 2.24) is 0 Å². The van der Waals surface area contributed by atoms with Gasteiger partial charge in [0, 0.05) is 5.66 Å². The van der Waals surface area contributed by atoms with Crippen LogP contribution in [0.1, 0.15) is 0 Å². The molecular formula is C6H7BO3. The first kappa shape index (κ1) is 8.81. The molecule has 0 bridgehead atoms. The van der Waals surface area contributed by atoms with Crippen molar-refractivity contribution in [2.75, 3.05) is 7.11 Å². The van der Waals surface area contributed by atoms with Crippen LogP contribution in [-0.4, -0.2) is 20.9 Å². The molecule has 0 atom stereocenters. The fraction of sp³-hybridized carbons (Fsp3) is 0.167. The molecule has 0 aliphatic carbocycles. The van der Waals surface area contributed by atoms with E-state index in [1.807, 2.05) is 0 Å². The highest BCUT2D eigenvalue weighted by atomic mass is 16.6. The summed E-state index contributed by atoms with van der Waals surface area (Å²) in [5, 5.41) is 0. The van der Waals surface area contributed by atoms with E-state index in [0.29, 0.717) is 0 Å². The number of hydrogen-bond acceptors (Lipinski definition) is 3. The third-order valence-corrected chi connectivity index (χ3v) is 0.667. The maximum Gasteiger partial charge on any atom is 0.373 e. The minimum absolute atomic E-state index is 0.0876. The third kappa shape index (κ3) is 2.97. The normalized spacial score (nSPS) is 8.10. The van der Waals surface area contributed by atoms with Crippen LogP contribution in [0.3, 0.4) is 0 Å². The Morgan fingerprint density at radius 3 is 2.30 bits per heavy atom. The second kappa shape index (κ2) is 3.77. The van der Waals surface area contributed by atoms with Crippen molar-refractivity contribution in [3.8, 4) is 0 Å². The van der Waals surface area contributed by atoms with Gasteiger partial charge in [-0.15, -0.1) is 0 Å². The van der Waals surface area contributed by atoms with Crippen molar-refractivity contribution < 1.29 is 14.3 Å². The van der Waals surface area contributed by atoms with Gasteiger partial charge in [0.2, 0.25) is 5.76 Å². The molecule has 0 fully saturated rings. The summed E-state index contributed by atoms with van der Waals surface area (Å²) in [6.45, 7) is 6.43. The van der Waals surface area contributed by atoms with Crippen molar-refractivity contribution in [2.24, 2.45) is 0 Å². The molecule has 0 spiro atoms. The molecule has 0 saturated carbocycles. The van der Waals surface area contributed by atoms with E-state index in [4.69, 9.17) is 7.85 Å². The van der Waals surface area contributed by atoms with E-state index in [2.05, 4.69) is 22.6 Å². The van der Waals surface area contributed by atoms with Crippen LogP contribution in [0.4, 0.5) is 0 Å². The minimum atomic E-state index is -0.661. The Morgan fingerprint density at radius 1 is 1.50 bits per heavy atom. The van der Waals surface area contributed by atoms with Crippen molar-refractivity contribution in [2.45, 2.75) is 0 Å². The Labute approximate surface area is 60.7 Å². The molecule has 0 aromatic heterocycles. The van der Waals surface area contributed by atoms with Gasteiger partial charge in [-0.1, -0.05) is 6.58 Å². The minimum Gasteiger partial charge on any atom is -0.467 e. The number of hydrogen-bond donors (Lipinski definition) is 0. The molecule has 0 rings (SSSR count). The molecule has 10 heavy (non-hydrogen) atoms. The van der Waals surface area contributed by atoms with Gasteiger partial charge in [-0.25, -0.2) is 4.79 Å². The number of carbonyl (C=O) groups excluding carboxylic acids is 1. The van der Waals surface area contributed by atoms with Crippen LogP contribution < -0.4 is 0 Å². The lowest BCUT2D eigenvalue weighted by atomic mass is 10.1. The average molecular weight is 138 g/mol. The number of ether oxygens (including phenoxy) is 2. The first-order chi connectivity index (χ1) is 4.57. The lowest BCUT2D eigenvalue weighted by Crippen LogP contribution is -2.06. The third-order valence-electron chi connectivity index (χ3n) is 0.667. The summed E-state index contributed by atoms with van der Waals surface area (Å²) in [5.41, 5.74) is -0.0876. The Kier molecular flexibility index (Phi) is 3.32. The maximum atomic E-state index is 10.5. The second-order valence-electron chi connectivity index (χ2n) is 1.48. The van der Waals surface area contributed by atoms with Crippen LogP contribution in [-0.2, 0) is 14.3 Å². The summed E-state index contributed by atoms with van der Waals surface area (Å²) < 4.78 is 8.77. The molecule has 0 aliphatic rings. The van der Waals surface area contributed by atoms with Gasteiger partial charge < -0.3 is 9.47 Å². The molecule has 52 valence electrons. The van der Waals surface area contributed by atoms with Crippen molar-refractivity contribution in [1.29, 1.82) is 0 Å². The van der Waals surface area contributed by atoms with Crippen LogP contribution in [0.15, 0.2) is 24.6 Å². The summed E-state index contributed by atoms with van der Waals surface area (Å²) in [4.78, 5) is 10.5. The van der Waals surface area contributed by atoms with E-state index in [1.54, 1.807) is 0 Å². The Hall–Kier alpha value is -1.19. The largest absolute Gasteiger partial charge is 0.467 e.